The second-order valence-electron chi connectivity index (χ2n) is 23.3. The van der Waals surface area contributed by atoms with Gasteiger partial charge in [-0.1, -0.05) is 198 Å². The Morgan fingerprint density at radius 1 is 0.479 bits per heavy atom. The van der Waals surface area contributed by atoms with E-state index in [2.05, 4.69) is 87.5 Å². The molecule has 5 aliphatic carbocycles. The van der Waals surface area contributed by atoms with Crippen LogP contribution in [0.25, 0.3) is 0 Å². The predicted octanol–water partition coefficient (Wildman–Crippen LogP) is 18.6. The number of rotatable bonds is 24. The molecule has 8 atom stereocenters. The van der Waals surface area contributed by atoms with Crippen molar-refractivity contribution in [1.29, 1.82) is 0 Å². The van der Waals surface area contributed by atoms with Crippen molar-refractivity contribution in [3.05, 3.63) is 58.2 Å². The third kappa shape index (κ3) is 36.1. The summed E-state index contributed by atoms with van der Waals surface area (Å²) in [6.45, 7) is 23.4. The van der Waals surface area contributed by atoms with Crippen LogP contribution in [-0.4, -0.2) is 46.1 Å². The number of aliphatic hydroxyl groups is 2. The van der Waals surface area contributed by atoms with Crippen molar-refractivity contribution in [1.82, 2.24) is 0 Å². The molecule has 5 rings (SSSR count). The van der Waals surface area contributed by atoms with Gasteiger partial charge in [-0.2, -0.15) is 0 Å². The highest BCUT2D eigenvalue weighted by atomic mass is 16.5. The maximum Gasteiger partial charge on any atom is 0.303 e. The average molecular weight is 992 g/mol. The minimum absolute atomic E-state index is 0.0260. The number of esters is 1. The minimum Gasteiger partial charge on any atom is -0.458 e. The molecule has 0 saturated carbocycles. The zero-order valence-corrected chi connectivity index (χ0v) is 48.4. The van der Waals surface area contributed by atoms with Gasteiger partial charge in [0.2, 0.25) is 0 Å². The quantitative estimate of drug-likeness (QED) is 0.0568. The molecule has 0 aromatic carbocycles. The molecule has 2 N–H and O–H groups in total. The van der Waals surface area contributed by atoms with Crippen molar-refractivity contribution >= 4 is 17.5 Å². The molecule has 0 fully saturated rings. The van der Waals surface area contributed by atoms with E-state index in [0.717, 1.165) is 44.9 Å². The van der Waals surface area contributed by atoms with Gasteiger partial charge in [0.15, 0.2) is 11.6 Å². The topological polar surface area (TPSA) is 101 Å². The number of carbonyl (C=O) groups excluding carboxylic acids is 3. The number of hydrogen-bond donors (Lipinski definition) is 2. The Morgan fingerprint density at radius 3 is 1.27 bits per heavy atom. The van der Waals surface area contributed by atoms with E-state index in [0.29, 0.717) is 41.2 Å². The van der Waals surface area contributed by atoms with E-state index < -0.39 is 0 Å². The van der Waals surface area contributed by atoms with Gasteiger partial charge in [-0.3, -0.25) is 14.4 Å². The predicted molar refractivity (Wildman–Crippen MR) is 305 cm³/mol. The lowest BCUT2D eigenvalue weighted by Gasteiger charge is -2.27. The lowest BCUT2D eigenvalue weighted by molar-refractivity contribution is -0.145. The minimum atomic E-state index is -0.167. The average Bonchev–Trinajstić information content (AvgIpc) is 3.28. The lowest BCUT2D eigenvalue weighted by atomic mass is 9.84. The number of carbonyl (C=O) groups is 3. The van der Waals surface area contributed by atoms with Crippen molar-refractivity contribution in [3.8, 4) is 0 Å². The third-order valence-corrected chi connectivity index (χ3v) is 14.9. The van der Waals surface area contributed by atoms with Gasteiger partial charge in [0.1, 0.15) is 6.10 Å². The molecule has 5 aliphatic rings. The molecule has 0 spiro atoms. The van der Waals surface area contributed by atoms with Crippen LogP contribution in [0.1, 0.15) is 288 Å². The van der Waals surface area contributed by atoms with Crippen LogP contribution in [0.2, 0.25) is 0 Å². The first-order valence-corrected chi connectivity index (χ1v) is 30.0. The highest BCUT2D eigenvalue weighted by Crippen LogP contribution is 2.32. The molecule has 0 heterocycles. The molecular formula is C65H114O6. The van der Waals surface area contributed by atoms with Crippen molar-refractivity contribution in [2.75, 3.05) is 0 Å². The van der Waals surface area contributed by atoms with Gasteiger partial charge < -0.3 is 14.9 Å². The molecular weight excluding hydrogens is 877 g/mol. The number of ether oxygens (including phenoxy) is 1. The van der Waals surface area contributed by atoms with Gasteiger partial charge >= 0.3 is 5.97 Å². The van der Waals surface area contributed by atoms with Crippen LogP contribution in [0.5, 0.6) is 0 Å². The van der Waals surface area contributed by atoms with Gasteiger partial charge in [0.05, 0.1) is 12.2 Å². The summed E-state index contributed by atoms with van der Waals surface area (Å²) in [5, 5.41) is 19.1. The zero-order valence-electron chi connectivity index (χ0n) is 48.4. The third-order valence-electron chi connectivity index (χ3n) is 14.9. The van der Waals surface area contributed by atoms with E-state index >= 15 is 0 Å². The fourth-order valence-corrected chi connectivity index (χ4v) is 11.5. The number of unbranched alkanes of at least 4 members (excludes halogenated alkanes) is 13. The SMILES string of the molecule is CCCCC1CC(C)=CC(OC(C)=O)C1.CCCCCC1=CC(O)CC(C)C1.CCCCCCC1CC(=O)C=C(C)C1.CCCCCCC1CC(=O)C=C(C)C1.CCCCCCCC1=CC(O)CC(C)C1. The summed E-state index contributed by atoms with van der Waals surface area (Å²) in [6, 6.07) is 0. The highest BCUT2D eigenvalue weighted by molar-refractivity contribution is 5.91. The monoisotopic (exact) mass is 991 g/mol. The lowest BCUT2D eigenvalue weighted by Crippen LogP contribution is -2.22. The summed E-state index contributed by atoms with van der Waals surface area (Å²) in [4.78, 5) is 33.5. The van der Waals surface area contributed by atoms with Crippen LogP contribution in [0, 0.1) is 29.6 Å². The summed E-state index contributed by atoms with van der Waals surface area (Å²) in [6.07, 6.45) is 49.9. The number of allylic oxidation sites excluding steroid dienone is 7. The van der Waals surface area contributed by atoms with E-state index in [1.54, 1.807) is 0 Å². The molecule has 0 aliphatic heterocycles. The van der Waals surface area contributed by atoms with Gasteiger partial charge in [-0.15, -0.1) is 0 Å². The van der Waals surface area contributed by atoms with E-state index in [4.69, 9.17) is 4.74 Å². The Labute approximate surface area is 439 Å². The molecule has 0 saturated heterocycles. The fraction of sp³-hybridized carbons (Fsp3) is 0.800. The molecule has 6 nitrogen and oxygen atoms in total. The van der Waals surface area contributed by atoms with Crippen LogP contribution in [-0.2, 0) is 19.1 Å². The van der Waals surface area contributed by atoms with Crippen molar-refractivity contribution in [3.63, 3.8) is 0 Å². The van der Waals surface area contributed by atoms with E-state index in [1.165, 1.54) is 202 Å². The van der Waals surface area contributed by atoms with Crippen molar-refractivity contribution < 1.29 is 29.3 Å². The molecule has 0 aromatic heterocycles. The Balaban J connectivity index is 0.000000444. The Hall–Kier alpha value is -2.57. The van der Waals surface area contributed by atoms with E-state index in [1.807, 2.05) is 12.2 Å². The summed E-state index contributed by atoms with van der Waals surface area (Å²) in [5.74, 6) is 3.86. The summed E-state index contributed by atoms with van der Waals surface area (Å²) >= 11 is 0. The second kappa shape index (κ2) is 41.7. The Bertz CT molecular complexity index is 1530. The van der Waals surface area contributed by atoms with Crippen LogP contribution < -0.4 is 0 Å². The van der Waals surface area contributed by atoms with Crippen molar-refractivity contribution in [2.45, 2.75) is 306 Å². The van der Waals surface area contributed by atoms with Crippen LogP contribution in [0.4, 0.5) is 0 Å². The maximum atomic E-state index is 11.3. The largest absolute Gasteiger partial charge is 0.458 e. The molecule has 410 valence electrons. The molecule has 8 unspecified atom stereocenters. The first kappa shape index (κ1) is 66.4. The van der Waals surface area contributed by atoms with Crippen LogP contribution >= 0.6 is 0 Å². The number of aliphatic hydroxyl groups excluding tert-OH is 2. The smallest absolute Gasteiger partial charge is 0.303 e. The second-order valence-corrected chi connectivity index (χ2v) is 23.3. The standard InChI is InChI=1S/C14H26O.C13H22O2.2C13H22O.C12H22O/c1-3-4-5-6-7-8-13-9-12(2)10-14(15)11-13;1-4-5-6-12-7-10(2)8-13(9-12)15-11(3)14;2*1-3-4-5-6-7-12-8-11(2)9-13(14)10-12;1-3-4-5-6-11-7-10(2)8-12(13)9-11/h11-12,14-15H,3-10H2,1-2H3;8,12-13H,4-7,9H2,1-3H3;2*9,12H,3-8,10H2,1-2H3;9-10,12-13H,3-8H2,1-2H3. The Morgan fingerprint density at radius 2 is 0.859 bits per heavy atom. The fourth-order valence-electron chi connectivity index (χ4n) is 11.5. The molecule has 6 heteroatoms. The van der Waals surface area contributed by atoms with Gasteiger partial charge in [-0.05, 0) is 158 Å². The summed E-state index contributed by atoms with van der Waals surface area (Å²) < 4.78 is 5.26. The normalized spacial score (nSPS) is 25.1. The van der Waals surface area contributed by atoms with E-state index in [-0.39, 0.29) is 24.3 Å². The van der Waals surface area contributed by atoms with Crippen molar-refractivity contribution in [2.24, 2.45) is 29.6 Å². The summed E-state index contributed by atoms with van der Waals surface area (Å²) in [5.41, 5.74) is 6.91. The number of ketones is 2. The highest BCUT2D eigenvalue weighted by Gasteiger charge is 2.23. The number of hydrogen-bond acceptors (Lipinski definition) is 6. The van der Waals surface area contributed by atoms with Gasteiger partial charge in [0, 0.05) is 19.8 Å². The first-order chi connectivity index (χ1) is 34.0. The molecule has 0 aromatic rings. The molecule has 0 bridgehead atoms. The molecule has 0 amide bonds. The van der Waals surface area contributed by atoms with E-state index in [9.17, 15) is 24.6 Å². The molecule has 71 heavy (non-hydrogen) atoms. The summed E-state index contributed by atoms with van der Waals surface area (Å²) in [7, 11) is 0. The van der Waals surface area contributed by atoms with Crippen LogP contribution in [0.15, 0.2) is 58.2 Å². The Kier molecular flexibility index (Phi) is 39.1. The van der Waals surface area contributed by atoms with Gasteiger partial charge in [0.25, 0.3) is 0 Å². The maximum absolute atomic E-state index is 11.3. The zero-order chi connectivity index (χ0) is 52.8. The first-order valence-electron chi connectivity index (χ1n) is 30.0. The molecule has 0 radical (unpaired) electrons. The van der Waals surface area contributed by atoms with Gasteiger partial charge in [-0.25, -0.2) is 0 Å². The van der Waals surface area contributed by atoms with Crippen LogP contribution in [0.3, 0.4) is 0 Å².